The van der Waals surface area contributed by atoms with Crippen LogP contribution < -0.4 is 31.3 Å². The first-order chi connectivity index (χ1) is 49.9. The summed E-state index contributed by atoms with van der Waals surface area (Å²) in [5.74, 6) is 0.842. The highest BCUT2D eigenvalue weighted by molar-refractivity contribution is 6.34. The Hall–Kier alpha value is -7.31. The fourth-order valence-electron chi connectivity index (χ4n) is 16.2. The van der Waals surface area contributed by atoms with Crippen LogP contribution in [0.2, 0.25) is 10.0 Å². The fourth-order valence-corrected chi connectivity index (χ4v) is 16.7. The molecule has 7 aromatic carbocycles. The third kappa shape index (κ3) is 23.1. The van der Waals surface area contributed by atoms with Gasteiger partial charge in [-0.15, -0.1) is 0 Å². The number of methoxy groups -OCH3 is 1. The summed E-state index contributed by atoms with van der Waals surface area (Å²) in [5.41, 5.74) is 11.0. The standard InChI is InChI=1S/C32H40N4O.C27H38N4O2.C26H33Cl2N3O.5H2/c1-25-12-18-29(19-13-25)34-32(37)33-24-31(28-16-14-27(15-17-28)26-8-4-2-5-9-26)36-22-20-35(21-23-36)30-10-6-3-7-11-30;1-21-8-12-23(13-9-21)29-27(32)28-20-26(22-10-14-25(33-2)15-11-22)31-18-16-30(17-19-31)24-6-4-3-5-7-24;27-22-15-20(16-23(28)18-22)17-26(32)29-19-25(21-7-3-1-4-8-21)31-13-11-30(12-14-31)24-9-5-2-6-10-24;;;;;/h2,4-5,8-9,12-19,30-31H,3,6-7,10-11,20-24H2,1H3,(H2,33,34,37);8-15,24,26H,3-7,16-20H2,1-2H3,(H2,28,29,32);1,3-4,7-8,15-16,18,24-25H,2,5-6,9-14,17,19H2,(H,29,32);5*1H. The quantitative estimate of drug-likeness (QED) is 0.0472. The van der Waals surface area contributed by atoms with Gasteiger partial charge in [-0.05, 0) is 140 Å². The number of hydrogen-bond donors (Lipinski definition) is 5. The number of benzene rings is 7. The number of aryl methyl sites for hydroxylation is 2. The monoisotopic (exact) mass is 1430 g/mol. The molecule has 17 heteroatoms. The number of anilines is 2. The molecule has 102 heavy (non-hydrogen) atoms. The number of ether oxygens (including phenoxy) is 1. The third-order valence-electron chi connectivity index (χ3n) is 22.0. The molecule has 3 aliphatic heterocycles. The maximum Gasteiger partial charge on any atom is 0.319 e. The zero-order chi connectivity index (χ0) is 70.8. The fraction of sp³-hybridized carbons (Fsp3) is 0.471. The van der Waals surface area contributed by atoms with E-state index >= 15 is 0 Å². The lowest BCUT2D eigenvalue weighted by Crippen LogP contribution is -2.53. The zero-order valence-corrected chi connectivity index (χ0v) is 62.2. The van der Waals surface area contributed by atoms with Gasteiger partial charge in [-0.1, -0.05) is 213 Å². The van der Waals surface area contributed by atoms with Crippen LogP contribution in [0.15, 0.2) is 176 Å². The minimum absolute atomic E-state index is 0. The molecule has 6 fully saturated rings. The van der Waals surface area contributed by atoms with Crippen molar-refractivity contribution in [1.29, 1.82) is 0 Å². The second kappa shape index (κ2) is 39.5. The van der Waals surface area contributed by atoms with Gasteiger partial charge in [0, 0.05) is 145 Å². The van der Waals surface area contributed by atoms with Gasteiger partial charge in [0.15, 0.2) is 0 Å². The van der Waals surface area contributed by atoms with Crippen LogP contribution in [0.1, 0.15) is 155 Å². The van der Waals surface area contributed by atoms with Crippen molar-refractivity contribution in [2.45, 2.75) is 153 Å². The van der Waals surface area contributed by atoms with Crippen molar-refractivity contribution in [2.75, 3.05) is 116 Å². The lowest BCUT2D eigenvalue weighted by molar-refractivity contribution is -0.120. The van der Waals surface area contributed by atoms with Crippen LogP contribution in [0, 0.1) is 13.8 Å². The van der Waals surface area contributed by atoms with Crippen LogP contribution in [0.5, 0.6) is 5.75 Å². The number of carbonyl (C=O) groups is 3. The van der Waals surface area contributed by atoms with E-state index in [2.05, 4.69) is 141 Å². The van der Waals surface area contributed by atoms with E-state index in [1.807, 2.05) is 86.6 Å². The van der Waals surface area contributed by atoms with Gasteiger partial charge in [-0.2, -0.15) is 0 Å². The summed E-state index contributed by atoms with van der Waals surface area (Å²) in [7, 11) is 1.69. The molecule has 6 aliphatic rings. The number of nitrogens with zero attached hydrogens (tertiary/aromatic N) is 6. The number of rotatable bonds is 21. The van der Waals surface area contributed by atoms with Crippen molar-refractivity contribution in [3.05, 3.63) is 219 Å². The van der Waals surface area contributed by atoms with Gasteiger partial charge in [-0.3, -0.25) is 34.2 Å². The molecule has 0 aromatic heterocycles. The number of halogens is 2. The molecular weight excluding hydrogens is 1310 g/mol. The Morgan fingerprint density at radius 1 is 0.412 bits per heavy atom. The van der Waals surface area contributed by atoms with Crippen molar-refractivity contribution in [1.82, 2.24) is 45.3 Å². The van der Waals surface area contributed by atoms with Crippen LogP contribution in [0.3, 0.4) is 0 Å². The van der Waals surface area contributed by atoms with Gasteiger partial charge in [0.2, 0.25) is 5.91 Å². The molecule has 3 atom stereocenters. The molecule has 13 rings (SSSR count). The Kier molecular flexibility index (Phi) is 29.4. The van der Waals surface area contributed by atoms with Crippen LogP contribution in [-0.2, 0) is 11.2 Å². The van der Waals surface area contributed by atoms with Crippen molar-refractivity contribution in [3.8, 4) is 16.9 Å². The summed E-state index contributed by atoms with van der Waals surface area (Å²) in [4.78, 5) is 53.8. The van der Waals surface area contributed by atoms with Crippen molar-refractivity contribution in [2.24, 2.45) is 0 Å². The Labute approximate surface area is 625 Å². The molecule has 7 aromatic rings. The molecule has 3 aliphatic carbocycles. The molecule has 0 spiro atoms. The number of nitrogens with one attached hydrogen (secondary N) is 5. The first-order valence-electron chi connectivity index (χ1n) is 38.1. The molecule has 5 N–H and O–H groups in total. The molecule has 554 valence electrons. The van der Waals surface area contributed by atoms with E-state index in [1.165, 1.54) is 135 Å². The Bertz CT molecular complexity index is 3630. The van der Waals surface area contributed by atoms with E-state index in [1.54, 1.807) is 25.3 Å². The molecule has 0 radical (unpaired) electrons. The highest BCUT2D eigenvalue weighted by atomic mass is 35.5. The van der Waals surface area contributed by atoms with E-state index in [0.717, 1.165) is 119 Å². The smallest absolute Gasteiger partial charge is 0.319 e. The highest BCUT2D eigenvalue weighted by Gasteiger charge is 2.33. The number of piperazine rings is 3. The Morgan fingerprint density at radius 2 is 0.755 bits per heavy atom. The van der Waals surface area contributed by atoms with E-state index in [-0.39, 0.29) is 49.6 Å². The Balaban J connectivity index is 0.000000246. The predicted molar refractivity (Wildman–Crippen MR) is 430 cm³/mol. The SMILES string of the molecule is COc1ccc(C(CNC(=O)Nc2ccc(C)cc2)N2CCN(C3CCCCC3)CC2)cc1.Cc1ccc(NC(=O)NCC(c2ccc(-c3ccccc3)cc2)N2CCN(C3CCCCC3)CC2)cc1.O=C(Cc1cc(Cl)cc(Cl)c1)NCC(c1ccccc1)N1CCN(C2CCCCC2)CC1.[HH].[HH].[HH].[HH].[HH]. The first kappa shape index (κ1) is 75.8. The maximum absolute atomic E-state index is 12.8. The second-order valence-electron chi connectivity index (χ2n) is 29.0. The number of amides is 5. The molecule has 5 amide bonds. The average molecular weight is 1430 g/mol. The maximum atomic E-state index is 12.8. The van der Waals surface area contributed by atoms with Gasteiger partial charge in [0.1, 0.15) is 5.75 Å². The minimum Gasteiger partial charge on any atom is -0.497 e. The molecule has 3 unspecified atom stereocenters. The predicted octanol–water partition coefficient (Wildman–Crippen LogP) is 17.9. The Morgan fingerprint density at radius 3 is 1.14 bits per heavy atom. The average Bonchev–Trinajstić information content (AvgIpc) is 0.621. The lowest BCUT2D eigenvalue weighted by atomic mass is 9.93. The zero-order valence-electron chi connectivity index (χ0n) is 60.7. The van der Waals surface area contributed by atoms with Crippen molar-refractivity contribution in [3.63, 3.8) is 0 Å². The number of carbonyl (C=O) groups excluding carboxylic acids is 3. The van der Waals surface area contributed by atoms with Gasteiger partial charge < -0.3 is 31.3 Å². The molecule has 15 nitrogen and oxygen atoms in total. The van der Waals surface area contributed by atoms with Crippen LogP contribution in [0.4, 0.5) is 21.0 Å². The lowest BCUT2D eigenvalue weighted by Gasteiger charge is -2.43. The van der Waals surface area contributed by atoms with E-state index in [9.17, 15) is 14.4 Å². The number of urea groups is 2. The summed E-state index contributed by atoms with van der Waals surface area (Å²) >= 11 is 12.2. The molecule has 0 bridgehead atoms. The summed E-state index contributed by atoms with van der Waals surface area (Å²) in [6.07, 6.45) is 20.8. The van der Waals surface area contributed by atoms with E-state index in [4.69, 9.17) is 27.9 Å². The third-order valence-corrected chi connectivity index (χ3v) is 22.5. The molecule has 3 saturated carbocycles. The van der Waals surface area contributed by atoms with E-state index in [0.29, 0.717) is 29.7 Å². The summed E-state index contributed by atoms with van der Waals surface area (Å²) in [5, 5.41) is 16.5. The largest absolute Gasteiger partial charge is 0.497 e. The number of hydrogen-bond acceptors (Lipinski definition) is 10. The van der Waals surface area contributed by atoms with Crippen LogP contribution in [-0.4, -0.2) is 171 Å². The summed E-state index contributed by atoms with van der Waals surface area (Å²) in [6, 6.07) is 61.7. The minimum atomic E-state index is -0.168. The van der Waals surface area contributed by atoms with Crippen LogP contribution in [0.25, 0.3) is 11.1 Å². The normalized spacial score (nSPS) is 19.0. The first-order valence-corrected chi connectivity index (χ1v) is 38.8. The highest BCUT2D eigenvalue weighted by Crippen LogP contribution is 2.33. The summed E-state index contributed by atoms with van der Waals surface area (Å²) < 4.78 is 5.35. The van der Waals surface area contributed by atoms with E-state index < -0.39 is 0 Å². The van der Waals surface area contributed by atoms with Gasteiger partial charge in [0.25, 0.3) is 0 Å². The second-order valence-corrected chi connectivity index (χ2v) is 29.8. The topological polar surface area (TPSA) is 140 Å². The van der Waals surface area contributed by atoms with Crippen molar-refractivity contribution < 1.29 is 26.3 Å². The molecule has 3 saturated heterocycles. The molecular formula is C85H121Cl2N11O4. The van der Waals surface area contributed by atoms with Crippen molar-refractivity contribution >= 4 is 52.5 Å². The van der Waals surface area contributed by atoms with Gasteiger partial charge in [-0.25, -0.2) is 9.59 Å². The molecule has 3 heterocycles. The van der Waals surface area contributed by atoms with Crippen LogP contribution >= 0.6 is 23.2 Å². The van der Waals surface area contributed by atoms with Gasteiger partial charge >= 0.3 is 12.1 Å². The summed E-state index contributed by atoms with van der Waals surface area (Å²) in [6.45, 7) is 18.7. The van der Waals surface area contributed by atoms with Gasteiger partial charge in [0.05, 0.1) is 31.7 Å².